The first-order valence-electron chi connectivity index (χ1n) is 8.16. The van der Waals surface area contributed by atoms with Crippen molar-refractivity contribution in [2.75, 3.05) is 13.1 Å². The Kier molecular flexibility index (Phi) is 6.08. The van der Waals surface area contributed by atoms with Gasteiger partial charge in [0.15, 0.2) is 0 Å². The number of benzene rings is 1. The average molecular weight is 412 g/mol. The molecule has 1 N–H and O–H groups in total. The van der Waals surface area contributed by atoms with E-state index in [0.717, 1.165) is 24.1 Å². The Hall–Kier alpha value is -1.74. The van der Waals surface area contributed by atoms with Crippen LogP contribution in [0.3, 0.4) is 0 Å². The van der Waals surface area contributed by atoms with Gasteiger partial charge in [-0.3, -0.25) is 4.79 Å². The molecule has 0 radical (unpaired) electrons. The first-order valence-corrected chi connectivity index (χ1v) is 10.8. The topological polar surface area (TPSA) is 78.8 Å². The minimum atomic E-state index is -3.58. The van der Waals surface area contributed by atoms with Crippen molar-refractivity contribution in [2.24, 2.45) is 5.10 Å². The first kappa shape index (κ1) is 19.0. The number of thiophene rings is 1. The van der Waals surface area contributed by atoms with E-state index in [1.54, 1.807) is 24.3 Å². The molecule has 6 nitrogen and oxygen atoms in total. The van der Waals surface area contributed by atoms with Crippen molar-refractivity contribution in [2.45, 2.75) is 24.2 Å². The molecule has 1 fully saturated rings. The van der Waals surface area contributed by atoms with Gasteiger partial charge in [-0.2, -0.15) is 9.41 Å². The van der Waals surface area contributed by atoms with Crippen molar-refractivity contribution in [1.29, 1.82) is 0 Å². The summed E-state index contributed by atoms with van der Waals surface area (Å²) in [7, 11) is -3.58. The largest absolute Gasteiger partial charge is 0.271 e. The lowest BCUT2D eigenvalue weighted by Crippen LogP contribution is -2.35. The van der Waals surface area contributed by atoms with Gasteiger partial charge >= 0.3 is 0 Å². The molecule has 138 valence electrons. The van der Waals surface area contributed by atoms with Crippen LogP contribution >= 0.6 is 22.9 Å². The van der Waals surface area contributed by atoms with E-state index >= 15 is 0 Å². The molecule has 1 saturated heterocycles. The summed E-state index contributed by atoms with van der Waals surface area (Å²) in [4.78, 5) is 13.2. The number of sulfonamides is 1. The second-order valence-corrected chi connectivity index (χ2v) is 9.52. The molecule has 0 spiro atoms. The standard InChI is InChI=1S/C17H18ClN3O3S2/c18-16-8-7-14(25-16)12-19-20-17(22)13-5-4-6-15(11-13)26(23,24)21-9-2-1-3-10-21/h4-8,11-12H,1-3,9-10H2,(H,20,22)/b19-12+. The van der Waals surface area contributed by atoms with E-state index in [1.165, 1.54) is 34.0 Å². The molecule has 0 aliphatic carbocycles. The summed E-state index contributed by atoms with van der Waals surface area (Å²) < 4.78 is 27.5. The molecule has 0 bridgehead atoms. The lowest BCUT2D eigenvalue weighted by Gasteiger charge is -2.25. The molecular weight excluding hydrogens is 394 g/mol. The van der Waals surface area contributed by atoms with Gasteiger partial charge in [0, 0.05) is 23.5 Å². The fraction of sp³-hybridized carbons (Fsp3) is 0.294. The minimum Gasteiger partial charge on any atom is -0.267 e. The Morgan fingerprint density at radius 3 is 2.65 bits per heavy atom. The van der Waals surface area contributed by atoms with E-state index in [-0.39, 0.29) is 10.5 Å². The van der Waals surface area contributed by atoms with E-state index in [4.69, 9.17) is 11.6 Å². The Bertz CT molecular complexity index is 919. The molecule has 1 aromatic carbocycles. The third-order valence-corrected chi connectivity index (χ3v) is 7.06. The fourth-order valence-electron chi connectivity index (χ4n) is 2.67. The number of hydrogen-bond acceptors (Lipinski definition) is 5. The number of hydrazone groups is 1. The molecule has 0 atom stereocenters. The van der Waals surface area contributed by atoms with E-state index < -0.39 is 15.9 Å². The summed E-state index contributed by atoms with van der Waals surface area (Å²) in [6.07, 6.45) is 4.26. The number of carbonyl (C=O) groups is 1. The Morgan fingerprint density at radius 2 is 1.96 bits per heavy atom. The van der Waals surface area contributed by atoms with Crippen LogP contribution in [0.2, 0.25) is 4.34 Å². The van der Waals surface area contributed by atoms with Crippen molar-refractivity contribution >= 4 is 45.1 Å². The van der Waals surface area contributed by atoms with Crippen molar-refractivity contribution in [3.8, 4) is 0 Å². The number of carbonyl (C=O) groups excluding carboxylic acids is 1. The van der Waals surface area contributed by atoms with E-state index in [0.29, 0.717) is 17.4 Å². The van der Waals surface area contributed by atoms with Gasteiger partial charge in [-0.25, -0.2) is 13.8 Å². The Balaban J connectivity index is 1.71. The lowest BCUT2D eigenvalue weighted by atomic mass is 10.2. The molecule has 1 aromatic heterocycles. The van der Waals surface area contributed by atoms with Gasteiger partial charge in [0.1, 0.15) is 0 Å². The highest BCUT2D eigenvalue weighted by Gasteiger charge is 2.26. The maximum Gasteiger partial charge on any atom is 0.271 e. The van der Waals surface area contributed by atoms with Gasteiger partial charge < -0.3 is 0 Å². The molecule has 1 aliphatic rings. The molecule has 2 heterocycles. The number of rotatable bonds is 5. The zero-order chi connectivity index (χ0) is 18.6. The molecule has 9 heteroatoms. The predicted octanol–water partition coefficient (Wildman–Crippen LogP) is 3.34. The Labute approximate surface area is 161 Å². The van der Waals surface area contributed by atoms with E-state index in [9.17, 15) is 13.2 Å². The normalized spacial score (nSPS) is 16.0. The molecule has 3 rings (SSSR count). The van der Waals surface area contributed by atoms with E-state index in [2.05, 4.69) is 10.5 Å². The van der Waals surface area contributed by atoms with Gasteiger partial charge in [0.25, 0.3) is 5.91 Å². The van der Waals surface area contributed by atoms with Crippen molar-refractivity contribution in [1.82, 2.24) is 9.73 Å². The monoisotopic (exact) mass is 411 g/mol. The number of hydrogen-bond donors (Lipinski definition) is 1. The summed E-state index contributed by atoms with van der Waals surface area (Å²) in [6.45, 7) is 1.04. The van der Waals surface area contributed by atoms with Crippen molar-refractivity contribution in [3.05, 3.63) is 51.2 Å². The second kappa shape index (κ2) is 8.30. The van der Waals surface area contributed by atoms with Crippen LogP contribution in [-0.2, 0) is 10.0 Å². The summed E-state index contributed by atoms with van der Waals surface area (Å²) in [6, 6.07) is 9.55. The first-order chi connectivity index (χ1) is 12.5. The maximum absolute atomic E-state index is 12.7. The fourth-order valence-corrected chi connectivity index (χ4v) is 5.17. The number of halogens is 1. The lowest BCUT2D eigenvalue weighted by molar-refractivity contribution is 0.0955. The average Bonchev–Trinajstić information content (AvgIpc) is 3.07. The molecule has 1 aliphatic heterocycles. The van der Waals surface area contributed by atoms with Gasteiger partial charge in [-0.1, -0.05) is 24.1 Å². The van der Waals surface area contributed by atoms with Crippen LogP contribution in [0.4, 0.5) is 0 Å². The zero-order valence-corrected chi connectivity index (χ0v) is 16.3. The second-order valence-electron chi connectivity index (χ2n) is 5.83. The third-order valence-electron chi connectivity index (χ3n) is 4.00. The molecule has 1 amide bonds. The van der Waals surface area contributed by atoms with E-state index in [1.807, 2.05) is 0 Å². The third kappa shape index (κ3) is 4.50. The number of nitrogens with one attached hydrogen (secondary N) is 1. The molecule has 26 heavy (non-hydrogen) atoms. The molecule has 0 saturated carbocycles. The maximum atomic E-state index is 12.7. The van der Waals surface area contributed by atoms with Gasteiger partial charge in [-0.15, -0.1) is 11.3 Å². The zero-order valence-electron chi connectivity index (χ0n) is 13.9. The molecule has 2 aromatic rings. The van der Waals surface area contributed by atoms with Gasteiger partial charge in [-0.05, 0) is 43.2 Å². The van der Waals surface area contributed by atoms with Crippen LogP contribution in [0, 0.1) is 0 Å². The quantitative estimate of drug-likeness (QED) is 0.605. The van der Waals surface area contributed by atoms with Crippen LogP contribution in [-0.4, -0.2) is 37.9 Å². The van der Waals surface area contributed by atoms with Crippen molar-refractivity contribution < 1.29 is 13.2 Å². The van der Waals surface area contributed by atoms with Gasteiger partial charge in [0.2, 0.25) is 10.0 Å². The molecule has 0 unspecified atom stereocenters. The number of nitrogens with zero attached hydrogens (tertiary/aromatic N) is 2. The summed E-state index contributed by atoms with van der Waals surface area (Å²) in [5.74, 6) is -0.473. The van der Waals surface area contributed by atoms with Crippen LogP contribution < -0.4 is 5.43 Å². The van der Waals surface area contributed by atoms with Crippen LogP contribution in [0.15, 0.2) is 46.4 Å². The minimum absolute atomic E-state index is 0.126. The summed E-state index contributed by atoms with van der Waals surface area (Å²) in [5, 5.41) is 3.88. The van der Waals surface area contributed by atoms with Crippen LogP contribution in [0.25, 0.3) is 0 Å². The number of amides is 1. The summed E-state index contributed by atoms with van der Waals surface area (Å²) >= 11 is 7.17. The highest BCUT2D eigenvalue weighted by atomic mass is 35.5. The Morgan fingerprint density at radius 1 is 1.19 bits per heavy atom. The molecular formula is C17H18ClN3O3S2. The van der Waals surface area contributed by atoms with Crippen LogP contribution in [0.1, 0.15) is 34.5 Å². The van der Waals surface area contributed by atoms with Crippen molar-refractivity contribution in [3.63, 3.8) is 0 Å². The predicted molar refractivity (Wildman–Crippen MR) is 103 cm³/mol. The number of piperidine rings is 1. The highest BCUT2D eigenvalue weighted by Crippen LogP contribution is 2.21. The smallest absolute Gasteiger partial charge is 0.267 e. The van der Waals surface area contributed by atoms with Crippen LogP contribution in [0.5, 0.6) is 0 Å². The highest BCUT2D eigenvalue weighted by molar-refractivity contribution is 7.89. The SMILES string of the molecule is O=C(N/N=C/c1ccc(Cl)s1)c1cccc(S(=O)(=O)N2CCCCC2)c1. The van der Waals surface area contributed by atoms with Gasteiger partial charge in [0.05, 0.1) is 15.4 Å². The summed E-state index contributed by atoms with van der Waals surface area (Å²) in [5.41, 5.74) is 2.64.